The highest BCUT2D eigenvalue weighted by Crippen LogP contribution is 2.29. The van der Waals surface area contributed by atoms with Gasteiger partial charge >= 0.3 is 0 Å². The Morgan fingerprint density at radius 2 is 1.80 bits per heavy atom. The number of aryl methyl sites for hydroxylation is 2. The van der Waals surface area contributed by atoms with Gasteiger partial charge in [0.15, 0.2) is 5.69 Å². The van der Waals surface area contributed by atoms with Crippen LogP contribution in [0.5, 0.6) is 5.75 Å². The van der Waals surface area contributed by atoms with E-state index in [0.717, 1.165) is 11.3 Å². The molecule has 5 heteroatoms. The number of amides is 1. The first-order chi connectivity index (χ1) is 12.0. The van der Waals surface area contributed by atoms with E-state index in [1.807, 2.05) is 75.5 Å². The third-order valence-corrected chi connectivity index (χ3v) is 4.05. The van der Waals surface area contributed by atoms with E-state index in [1.165, 1.54) is 0 Å². The van der Waals surface area contributed by atoms with Gasteiger partial charge in [-0.1, -0.05) is 42.5 Å². The van der Waals surface area contributed by atoms with Crippen LogP contribution >= 0.6 is 0 Å². The van der Waals surface area contributed by atoms with Crippen LogP contribution in [-0.4, -0.2) is 15.7 Å². The Balaban J connectivity index is 1.78. The smallest absolute Gasteiger partial charge is 0.276 e. The Hall–Kier alpha value is -3.08. The fourth-order valence-electron chi connectivity index (χ4n) is 2.51. The van der Waals surface area contributed by atoms with E-state index < -0.39 is 0 Å². The zero-order valence-corrected chi connectivity index (χ0v) is 14.6. The van der Waals surface area contributed by atoms with Crippen molar-refractivity contribution in [3.8, 4) is 5.75 Å². The minimum Gasteiger partial charge on any atom is -0.484 e. The molecule has 5 nitrogen and oxygen atoms in total. The Labute approximate surface area is 147 Å². The zero-order chi connectivity index (χ0) is 17.8. The molecule has 0 aliphatic carbocycles. The standard InChI is InChI=1S/C20H21N3O2/c1-14-13-18(22-23(14)3)20(24)21-17-11-7-8-12-19(17)25-15(2)16-9-5-4-6-10-16/h4-13,15H,1-3H3,(H,21,24)/t15-/m0/s1. The van der Waals surface area contributed by atoms with Crippen LogP contribution < -0.4 is 10.1 Å². The number of aromatic nitrogens is 2. The molecule has 1 aromatic heterocycles. The highest BCUT2D eigenvalue weighted by molar-refractivity contribution is 6.03. The Bertz CT molecular complexity index is 852. The Morgan fingerprint density at radius 1 is 1.12 bits per heavy atom. The summed E-state index contributed by atoms with van der Waals surface area (Å²) in [5.74, 6) is 0.368. The van der Waals surface area contributed by atoms with Gasteiger partial charge in [-0.2, -0.15) is 5.10 Å². The molecule has 1 atom stereocenters. The van der Waals surface area contributed by atoms with Crippen LogP contribution in [0.3, 0.4) is 0 Å². The van der Waals surface area contributed by atoms with Crippen molar-refractivity contribution in [2.24, 2.45) is 7.05 Å². The van der Waals surface area contributed by atoms with E-state index in [0.29, 0.717) is 17.1 Å². The second-order valence-corrected chi connectivity index (χ2v) is 5.92. The highest BCUT2D eigenvalue weighted by Gasteiger charge is 2.15. The second kappa shape index (κ2) is 7.21. The number of para-hydroxylation sites is 2. The van der Waals surface area contributed by atoms with Crippen molar-refractivity contribution in [2.75, 3.05) is 5.32 Å². The summed E-state index contributed by atoms with van der Waals surface area (Å²) in [4.78, 5) is 12.4. The molecule has 0 saturated heterocycles. The summed E-state index contributed by atoms with van der Waals surface area (Å²) in [5, 5.41) is 7.09. The van der Waals surface area contributed by atoms with Crippen molar-refractivity contribution < 1.29 is 9.53 Å². The number of rotatable bonds is 5. The summed E-state index contributed by atoms with van der Waals surface area (Å²) >= 11 is 0. The number of benzene rings is 2. The molecule has 3 rings (SSSR count). The fraction of sp³-hybridized carbons (Fsp3) is 0.200. The summed E-state index contributed by atoms with van der Waals surface area (Å²) in [6, 6.07) is 19.1. The summed E-state index contributed by atoms with van der Waals surface area (Å²) in [7, 11) is 1.81. The molecule has 2 aromatic carbocycles. The maximum Gasteiger partial charge on any atom is 0.276 e. The molecular formula is C20H21N3O2. The number of nitrogens with zero attached hydrogens (tertiary/aromatic N) is 2. The molecule has 3 aromatic rings. The third-order valence-electron chi connectivity index (χ3n) is 4.05. The molecule has 25 heavy (non-hydrogen) atoms. The van der Waals surface area contributed by atoms with Gasteiger partial charge in [0, 0.05) is 12.7 Å². The molecule has 0 aliphatic rings. The lowest BCUT2D eigenvalue weighted by atomic mass is 10.1. The van der Waals surface area contributed by atoms with Crippen LogP contribution in [0.1, 0.15) is 34.8 Å². The van der Waals surface area contributed by atoms with Crippen molar-refractivity contribution in [1.29, 1.82) is 0 Å². The highest BCUT2D eigenvalue weighted by atomic mass is 16.5. The number of anilines is 1. The predicted octanol–water partition coefficient (Wildman–Crippen LogP) is 4.12. The van der Waals surface area contributed by atoms with Gasteiger partial charge in [0.2, 0.25) is 0 Å². The lowest BCUT2D eigenvalue weighted by Gasteiger charge is -2.18. The summed E-state index contributed by atoms with van der Waals surface area (Å²) < 4.78 is 7.73. The topological polar surface area (TPSA) is 56.1 Å². The lowest BCUT2D eigenvalue weighted by Crippen LogP contribution is -2.14. The van der Waals surface area contributed by atoms with Gasteiger partial charge in [0.1, 0.15) is 11.9 Å². The number of hydrogen-bond donors (Lipinski definition) is 1. The molecule has 0 unspecified atom stereocenters. The lowest BCUT2D eigenvalue weighted by molar-refractivity contribution is 0.102. The van der Waals surface area contributed by atoms with Crippen molar-refractivity contribution in [3.05, 3.63) is 77.6 Å². The van der Waals surface area contributed by atoms with Gasteiger partial charge in [0.05, 0.1) is 5.69 Å². The van der Waals surface area contributed by atoms with Crippen molar-refractivity contribution in [1.82, 2.24) is 9.78 Å². The van der Waals surface area contributed by atoms with Crippen LogP contribution in [0.2, 0.25) is 0 Å². The van der Waals surface area contributed by atoms with Crippen LogP contribution in [0, 0.1) is 6.92 Å². The monoisotopic (exact) mass is 335 g/mol. The van der Waals surface area contributed by atoms with Crippen LogP contribution in [0.4, 0.5) is 5.69 Å². The average Bonchev–Trinajstić information content (AvgIpc) is 2.96. The van der Waals surface area contributed by atoms with Gasteiger partial charge in [-0.05, 0) is 37.6 Å². The van der Waals surface area contributed by atoms with Gasteiger partial charge in [0.25, 0.3) is 5.91 Å². The van der Waals surface area contributed by atoms with E-state index in [4.69, 9.17) is 4.74 Å². The minimum atomic E-state index is -0.257. The quantitative estimate of drug-likeness (QED) is 0.763. The SMILES string of the molecule is Cc1cc(C(=O)Nc2ccccc2O[C@@H](C)c2ccccc2)nn1C. The predicted molar refractivity (Wildman–Crippen MR) is 97.8 cm³/mol. The number of carbonyl (C=O) groups excluding carboxylic acids is 1. The van der Waals surface area contributed by atoms with Crippen molar-refractivity contribution >= 4 is 11.6 Å². The Morgan fingerprint density at radius 3 is 2.48 bits per heavy atom. The average molecular weight is 335 g/mol. The first-order valence-electron chi connectivity index (χ1n) is 8.17. The third kappa shape index (κ3) is 3.88. The van der Waals surface area contributed by atoms with Crippen molar-refractivity contribution in [3.63, 3.8) is 0 Å². The van der Waals surface area contributed by atoms with Crippen LogP contribution in [0.25, 0.3) is 0 Å². The molecule has 0 bridgehead atoms. The molecule has 0 fully saturated rings. The molecular weight excluding hydrogens is 314 g/mol. The van der Waals surface area contributed by atoms with E-state index in [2.05, 4.69) is 10.4 Å². The molecule has 0 aliphatic heterocycles. The van der Waals surface area contributed by atoms with Gasteiger partial charge in [-0.15, -0.1) is 0 Å². The van der Waals surface area contributed by atoms with Crippen LogP contribution in [0.15, 0.2) is 60.7 Å². The zero-order valence-electron chi connectivity index (χ0n) is 14.6. The maximum absolute atomic E-state index is 12.4. The Kier molecular flexibility index (Phi) is 4.84. The number of ether oxygens (including phenoxy) is 1. The molecule has 1 N–H and O–H groups in total. The summed E-state index contributed by atoms with van der Waals surface area (Å²) in [6.07, 6.45) is -0.128. The molecule has 128 valence electrons. The van der Waals surface area contributed by atoms with Gasteiger partial charge in [-0.25, -0.2) is 0 Å². The van der Waals surface area contributed by atoms with E-state index in [9.17, 15) is 4.79 Å². The molecule has 1 heterocycles. The fourth-order valence-corrected chi connectivity index (χ4v) is 2.51. The number of carbonyl (C=O) groups is 1. The van der Waals surface area contributed by atoms with E-state index >= 15 is 0 Å². The van der Waals surface area contributed by atoms with Crippen molar-refractivity contribution in [2.45, 2.75) is 20.0 Å². The van der Waals surface area contributed by atoms with Gasteiger partial charge < -0.3 is 10.1 Å². The number of hydrogen-bond acceptors (Lipinski definition) is 3. The summed E-state index contributed by atoms with van der Waals surface area (Å²) in [5.41, 5.74) is 3.00. The molecule has 1 amide bonds. The maximum atomic E-state index is 12.4. The van der Waals surface area contributed by atoms with Gasteiger partial charge in [-0.3, -0.25) is 9.48 Å². The first-order valence-corrected chi connectivity index (χ1v) is 8.17. The molecule has 0 spiro atoms. The first kappa shape index (κ1) is 16.8. The number of nitrogens with one attached hydrogen (secondary N) is 1. The second-order valence-electron chi connectivity index (χ2n) is 5.92. The summed E-state index contributed by atoms with van der Waals surface area (Å²) in [6.45, 7) is 3.89. The molecule has 0 radical (unpaired) electrons. The largest absolute Gasteiger partial charge is 0.484 e. The molecule has 0 saturated carbocycles. The van der Waals surface area contributed by atoms with E-state index in [1.54, 1.807) is 10.7 Å². The van der Waals surface area contributed by atoms with Crippen LogP contribution in [-0.2, 0) is 7.05 Å². The normalized spacial score (nSPS) is 11.8. The van der Waals surface area contributed by atoms with E-state index in [-0.39, 0.29) is 12.0 Å². The minimum absolute atomic E-state index is 0.128.